The molecule has 0 radical (unpaired) electrons. The summed E-state index contributed by atoms with van der Waals surface area (Å²) >= 11 is 3.42. The number of nitrogens with zero attached hydrogens (tertiary/aromatic N) is 1. The van der Waals surface area contributed by atoms with Gasteiger partial charge in [0.15, 0.2) is 6.61 Å². The predicted octanol–water partition coefficient (Wildman–Crippen LogP) is 3.07. The number of anilines is 1. The van der Waals surface area contributed by atoms with Crippen LogP contribution in [0.1, 0.15) is 5.56 Å². The number of benzene rings is 2. The molecule has 5 heteroatoms. The van der Waals surface area contributed by atoms with Crippen molar-refractivity contribution in [3.63, 3.8) is 0 Å². The van der Waals surface area contributed by atoms with Crippen LogP contribution < -0.4 is 10.5 Å². The first kappa shape index (κ1) is 15.4. The standard InChI is InChI=1S/C16H17BrN2O2/c1-19(10-12-4-2-5-13(17)8-12)16(20)11-21-15-7-3-6-14(18)9-15/h2-9H,10-11,18H2,1H3. The van der Waals surface area contributed by atoms with Gasteiger partial charge < -0.3 is 15.4 Å². The van der Waals surface area contributed by atoms with Crippen molar-refractivity contribution in [3.8, 4) is 5.75 Å². The molecule has 0 aliphatic heterocycles. The normalized spacial score (nSPS) is 10.2. The molecule has 0 saturated heterocycles. The SMILES string of the molecule is CN(Cc1cccc(Br)c1)C(=O)COc1cccc(N)c1. The number of nitrogen functional groups attached to an aromatic ring is 1. The highest BCUT2D eigenvalue weighted by Crippen LogP contribution is 2.15. The van der Waals surface area contributed by atoms with E-state index in [0.29, 0.717) is 18.0 Å². The number of amides is 1. The molecule has 1 amide bonds. The van der Waals surface area contributed by atoms with E-state index in [1.807, 2.05) is 24.3 Å². The lowest BCUT2D eigenvalue weighted by Gasteiger charge is -2.17. The molecule has 0 aromatic heterocycles. The molecule has 0 unspecified atom stereocenters. The van der Waals surface area contributed by atoms with Gasteiger partial charge in [-0.05, 0) is 29.8 Å². The molecule has 110 valence electrons. The number of carbonyl (C=O) groups excluding carboxylic acids is 1. The molecule has 0 aliphatic rings. The zero-order chi connectivity index (χ0) is 15.2. The molecule has 2 aromatic carbocycles. The molecule has 21 heavy (non-hydrogen) atoms. The van der Waals surface area contributed by atoms with Crippen molar-refractivity contribution < 1.29 is 9.53 Å². The highest BCUT2D eigenvalue weighted by Gasteiger charge is 2.10. The summed E-state index contributed by atoms with van der Waals surface area (Å²) in [7, 11) is 1.76. The highest BCUT2D eigenvalue weighted by molar-refractivity contribution is 9.10. The van der Waals surface area contributed by atoms with E-state index in [0.717, 1.165) is 10.0 Å². The average Bonchev–Trinajstić information content (AvgIpc) is 2.45. The topological polar surface area (TPSA) is 55.6 Å². The van der Waals surface area contributed by atoms with Gasteiger partial charge in [0, 0.05) is 29.8 Å². The van der Waals surface area contributed by atoms with Gasteiger partial charge in [0.05, 0.1) is 0 Å². The van der Waals surface area contributed by atoms with E-state index >= 15 is 0 Å². The fourth-order valence-electron chi connectivity index (χ4n) is 1.86. The van der Waals surface area contributed by atoms with E-state index in [-0.39, 0.29) is 12.5 Å². The Morgan fingerprint density at radius 2 is 2.00 bits per heavy atom. The summed E-state index contributed by atoms with van der Waals surface area (Å²) in [6.45, 7) is 0.534. The molecular weight excluding hydrogens is 332 g/mol. The van der Waals surface area contributed by atoms with Crippen LogP contribution in [-0.4, -0.2) is 24.5 Å². The third-order valence-corrected chi connectivity index (χ3v) is 3.45. The molecule has 2 rings (SSSR count). The minimum Gasteiger partial charge on any atom is -0.484 e. The highest BCUT2D eigenvalue weighted by atomic mass is 79.9. The summed E-state index contributed by atoms with van der Waals surface area (Å²) in [5.74, 6) is 0.511. The summed E-state index contributed by atoms with van der Waals surface area (Å²) in [5, 5.41) is 0. The maximum atomic E-state index is 12.0. The van der Waals surface area contributed by atoms with Crippen LogP contribution in [0.15, 0.2) is 53.0 Å². The van der Waals surface area contributed by atoms with Crippen LogP contribution in [-0.2, 0) is 11.3 Å². The first-order valence-corrected chi connectivity index (χ1v) is 7.30. The molecule has 0 fully saturated rings. The first-order chi connectivity index (χ1) is 10.0. The summed E-state index contributed by atoms with van der Waals surface area (Å²) in [6, 6.07) is 14.9. The molecule has 0 saturated carbocycles. The summed E-state index contributed by atoms with van der Waals surface area (Å²) < 4.78 is 6.45. The summed E-state index contributed by atoms with van der Waals surface area (Å²) in [6.07, 6.45) is 0. The van der Waals surface area contributed by atoms with Gasteiger partial charge in [-0.3, -0.25) is 4.79 Å². The fraction of sp³-hybridized carbons (Fsp3) is 0.188. The Hall–Kier alpha value is -2.01. The monoisotopic (exact) mass is 348 g/mol. The Kier molecular flexibility index (Phi) is 5.22. The zero-order valence-electron chi connectivity index (χ0n) is 11.8. The predicted molar refractivity (Wildman–Crippen MR) is 87.0 cm³/mol. The molecule has 0 heterocycles. The zero-order valence-corrected chi connectivity index (χ0v) is 13.3. The van der Waals surface area contributed by atoms with Gasteiger partial charge in [0.1, 0.15) is 5.75 Å². The fourth-order valence-corrected chi connectivity index (χ4v) is 2.30. The third-order valence-electron chi connectivity index (χ3n) is 2.95. The van der Waals surface area contributed by atoms with E-state index in [1.165, 1.54) is 0 Å². The number of nitrogens with two attached hydrogens (primary N) is 1. The number of halogens is 1. The van der Waals surface area contributed by atoms with Crippen molar-refractivity contribution in [2.45, 2.75) is 6.54 Å². The largest absolute Gasteiger partial charge is 0.484 e. The Morgan fingerprint density at radius 1 is 1.24 bits per heavy atom. The van der Waals surface area contributed by atoms with Gasteiger partial charge in [0.25, 0.3) is 5.91 Å². The Balaban J connectivity index is 1.88. The van der Waals surface area contributed by atoms with Crippen LogP contribution in [0.25, 0.3) is 0 Å². The lowest BCUT2D eigenvalue weighted by atomic mass is 10.2. The van der Waals surface area contributed by atoms with Crippen molar-refractivity contribution in [2.75, 3.05) is 19.4 Å². The van der Waals surface area contributed by atoms with Crippen molar-refractivity contribution in [1.82, 2.24) is 4.90 Å². The molecule has 2 aromatic rings. The number of carbonyl (C=O) groups is 1. The average molecular weight is 349 g/mol. The molecule has 0 spiro atoms. The second-order valence-corrected chi connectivity index (χ2v) is 5.66. The van der Waals surface area contributed by atoms with Crippen LogP contribution in [0.3, 0.4) is 0 Å². The maximum Gasteiger partial charge on any atom is 0.260 e. The van der Waals surface area contributed by atoms with E-state index in [4.69, 9.17) is 10.5 Å². The number of hydrogen-bond acceptors (Lipinski definition) is 3. The molecule has 2 N–H and O–H groups in total. The second kappa shape index (κ2) is 7.13. The summed E-state index contributed by atoms with van der Waals surface area (Å²) in [4.78, 5) is 13.7. The molecule has 0 atom stereocenters. The van der Waals surface area contributed by atoms with Crippen LogP contribution >= 0.6 is 15.9 Å². The van der Waals surface area contributed by atoms with Crippen LogP contribution in [0.2, 0.25) is 0 Å². The number of likely N-dealkylation sites (N-methyl/N-ethyl adjacent to an activating group) is 1. The van der Waals surface area contributed by atoms with E-state index in [1.54, 1.807) is 36.2 Å². The van der Waals surface area contributed by atoms with Crippen LogP contribution in [0.4, 0.5) is 5.69 Å². The van der Waals surface area contributed by atoms with Gasteiger partial charge in [0.2, 0.25) is 0 Å². The van der Waals surface area contributed by atoms with Gasteiger partial charge in [-0.15, -0.1) is 0 Å². The quantitative estimate of drug-likeness (QED) is 0.844. The minimum atomic E-state index is -0.0857. The maximum absolute atomic E-state index is 12.0. The van der Waals surface area contributed by atoms with Crippen LogP contribution in [0, 0.1) is 0 Å². The first-order valence-electron chi connectivity index (χ1n) is 6.51. The van der Waals surface area contributed by atoms with Crippen LogP contribution in [0.5, 0.6) is 5.75 Å². The molecule has 0 bridgehead atoms. The Bertz CT molecular complexity index is 631. The Morgan fingerprint density at radius 3 is 2.71 bits per heavy atom. The van der Waals surface area contributed by atoms with E-state index < -0.39 is 0 Å². The third kappa shape index (κ3) is 4.79. The van der Waals surface area contributed by atoms with Gasteiger partial charge in [-0.1, -0.05) is 34.1 Å². The Labute approximate surface area is 132 Å². The van der Waals surface area contributed by atoms with Crippen molar-refractivity contribution in [1.29, 1.82) is 0 Å². The minimum absolute atomic E-state index is 0.00600. The van der Waals surface area contributed by atoms with Crippen molar-refractivity contribution in [2.24, 2.45) is 0 Å². The lowest BCUT2D eigenvalue weighted by Crippen LogP contribution is -2.30. The number of ether oxygens (including phenoxy) is 1. The number of hydrogen-bond donors (Lipinski definition) is 1. The summed E-state index contributed by atoms with van der Waals surface area (Å²) in [5.41, 5.74) is 7.33. The van der Waals surface area contributed by atoms with E-state index in [2.05, 4.69) is 15.9 Å². The second-order valence-electron chi connectivity index (χ2n) is 4.74. The van der Waals surface area contributed by atoms with Gasteiger partial charge in [-0.2, -0.15) is 0 Å². The smallest absolute Gasteiger partial charge is 0.260 e. The molecular formula is C16H17BrN2O2. The molecule has 0 aliphatic carbocycles. The van der Waals surface area contributed by atoms with Crippen molar-refractivity contribution in [3.05, 3.63) is 58.6 Å². The van der Waals surface area contributed by atoms with E-state index in [9.17, 15) is 4.79 Å². The number of rotatable bonds is 5. The lowest BCUT2D eigenvalue weighted by molar-refractivity contribution is -0.132. The van der Waals surface area contributed by atoms with Crippen molar-refractivity contribution >= 4 is 27.5 Å². The van der Waals surface area contributed by atoms with Gasteiger partial charge in [-0.25, -0.2) is 0 Å². The van der Waals surface area contributed by atoms with Gasteiger partial charge >= 0.3 is 0 Å². The molecule has 4 nitrogen and oxygen atoms in total.